The monoisotopic (exact) mass is 353 g/mol. The number of nitrogens with zero attached hydrogens (tertiary/aromatic N) is 2. The third kappa shape index (κ3) is 2.54. The van der Waals surface area contributed by atoms with Gasteiger partial charge in [-0.1, -0.05) is 6.07 Å². The molecule has 4 amide bonds. The molecule has 26 heavy (non-hydrogen) atoms. The number of H-pyrrole nitrogens is 1. The summed E-state index contributed by atoms with van der Waals surface area (Å²) >= 11 is 0. The lowest BCUT2D eigenvalue weighted by molar-refractivity contribution is -0.127. The van der Waals surface area contributed by atoms with Gasteiger partial charge in [-0.15, -0.1) is 0 Å². The zero-order chi connectivity index (χ0) is 18.1. The van der Waals surface area contributed by atoms with Gasteiger partial charge in [0, 0.05) is 37.2 Å². The summed E-state index contributed by atoms with van der Waals surface area (Å²) in [5.74, 6) is -0.528. The summed E-state index contributed by atoms with van der Waals surface area (Å²) in [5.41, 5.74) is 0.0854. The second-order valence-electron chi connectivity index (χ2n) is 6.61. The van der Waals surface area contributed by atoms with Gasteiger partial charge in [0.15, 0.2) is 5.54 Å². The summed E-state index contributed by atoms with van der Waals surface area (Å²) in [5, 5.41) is 5.18. The third-order valence-electron chi connectivity index (χ3n) is 5.24. The molecule has 134 valence electrons. The maximum atomic E-state index is 12.7. The number of carbonyl (C=O) groups excluding carboxylic acids is 3. The number of piperidine rings is 1. The van der Waals surface area contributed by atoms with Crippen molar-refractivity contribution in [2.75, 3.05) is 13.1 Å². The first-order valence-electron chi connectivity index (χ1n) is 8.58. The molecule has 0 aromatic carbocycles. The second-order valence-corrected chi connectivity index (χ2v) is 6.61. The van der Waals surface area contributed by atoms with Crippen molar-refractivity contribution in [1.82, 2.24) is 25.5 Å². The largest absolute Gasteiger partial charge is 0.357 e. The number of rotatable bonds is 3. The van der Waals surface area contributed by atoms with Crippen molar-refractivity contribution in [1.29, 1.82) is 0 Å². The molecule has 2 aromatic rings. The smallest absolute Gasteiger partial charge is 0.322 e. The Balaban J connectivity index is 1.57. The summed E-state index contributed by atoms with van der Waals surface area (Å²) in [4.78, 5) is 45.9. The van der Waals surface area contributed by atoms with Gasteiger partial charge in [-0.2, -0.15) is 0 Å². The number of carbonyl (C=O) groups is 3. The molecule has 1 unspecified atom stereocenters. The summed E-state index contributed by atoms with van der Waals surface area (Å²) in [7, 11) is 0. The van der Waals surface area contributed by atoms with E-state index in [1.165, 1.54) is 0 Å². The van der Waals surface area contributed by atoms with Crippen molar-refractivity contribution in [2.45, 2.75) is 18.4 Å². The van der Waals surface area contributed by atoms with Gasteiger partial charge in [-0.3, -0.25) is 19.9 Å². The first-order chi connectivity index (χ1) is 12.6. The normalized spacial score (nSPS) is 23.6. The highest BCUT2D eigenvalue weighted by molar-refractivity contribution is 6.07. The lowest BCUT2D eigenvalue weighted by Crippen LogP contribution is -2.54. The maximum absolute atomic E-state index is 12.7. The minimum atomic E-state index is -1.13. The number of nitrogens with one attached hydrogen (secondary N) is 3. The summed E-state index contributed by atoms with van der Waals surface area (Å²) in [6.07, 6.45) is 6.17. The average Bonchev–Trinajstić information content (AvgIpc) is 3.30. The van der Waals surface area contributed by atoms with Crippen LogP contribution in [0.3, 0.4) is 0 Å². The van der Waals surface area contributed by atoms with Gasteiger partial charge < -0.3 is 15.2 Å². The predicted octanol–water partition coefficient (Wildman–Crippen LogP) is 0.997. The quantitative estimate of drug-likeness (QED) is 0.716. The van der Waals surface area contributed by atoms with Crippen molar-refractivity contribution in [2.24, 2.45) is 5.92 Å². The van der Waals surface area contributed by atoms with Crippen LogP contribution in [0.4, 0.5) is 4.79 Å². The van der Waals surface area contributed by atoms with Gasteiger partial charge in [0.1, 0.15) is 5.69 Å². The number of likely N-dealkylation sites (tertiary alicyclic amines) is 1. The van der Waals surface area contributed by atoms with E-state index in [4.69, 9.17) is 0 Å². The van der Waals surface area contributed by atoms with E-state index in [1.807, 2.05) is 0 Å². The van der Waals surface area contributed by atoms with Gasteiger partial charge in [0.25, 0.3) is 11.8 Å². The van der Waals surface area contributed by atoms with Crippen LogP contribution < -0.4 is 10.6 Å². The lowest BCUT2D eigenvalue weighted by Gasteiger charge is -2.40. The molecule has 8 nitrogen and oxygen atoms in total. The van der Waals surface area contributed by atoms with Crippen LogP contribution in [0.5, 0.6) is 0 Å². The zero-order valence-corrected chi connectivity index (χ0v) is 14.1. The fourth-order valence-electron chi connectivity index (χ4n) is 3.94. The fourth-order valence-corrected chi connectivity index (χ4v) is 3.94. The van der Waals surface area contributed by atoms with Crippen molar-refractivity contribution in [3.8, 4) is 0 Å². The molecular formula is C18H19N5O3. The van der Waals surface area contributed by atoms with Crippen LogP contribution in [0.2, 0.25) is 0 Å². The highest BCUT2D eigenvalue weighted by Crippen LogP contribution is 2.38. The van der Waals surface area contributed by atoms with Crippen molar-refractivity contribution >= 4 is 17.8 Å². The van der Waals surface area contributed by atoms with Crippen LogP contribution in [0.15, 0.2) is 42.9 Å². The van der Waals surface area contributed by atoms with E-state index in [0.717, 1.165) is 0 Å². The molecule has 2 aromatic heterocycles. The first-order valence-corrected chi connectivity index (χ1v) is 8.58. The van der Waals surface area contributed by atoms with E-state index in [-0.39, 0.29) is 17.7 Å². The number of aromatic nitrogens is 2. The van der Waals surface area contributed by atoms with E-state index >= 15 is 0 Å². The molecule has 0 saturated carbocycles. The second kappa shape index (κ2) is 6.29. The average molecular weight is 353 g/mol. The predicted molar refractivity (Wildman–Crippen MR) is 92.0 cm³/mol. The number of aromatic amines is 1. The molecule has 4 heterocycles. The van der Waals surface area contributed by atoms with Gasteiger partial charge in [0.2, 0.25) is 0 Å². The minimum absolute atomic E-state index is 0.0520. The third-order valence-corrected chi connectivity index (χ3v) is 5.24. The van der Waals surface area contributed by atoms with Crippen LogP contribution in [0, 0.1) is 5.92 Å². The highest BCUT2D eigenvalue weighted by Gasteiger charge is 2.53. The van der Waals surface area contributed by atoms with E-state index in [9.17, 15) is 14.4 Å². The first kappa shape index (κ1) is 16.3. The Labute approximate surface area is 150 Å². The number of amides is 4. The van der Waals surface area contributed by atoms with E-state index < -0.39 is 11.6 Å². The Morgan fingerprint density at radius 3 is 2.58 bits per heavy atom. The molecule has 1 atom stereocenters. The van der Waals surface area contributed by atoms with Gasteiger partial charge in [-0.05, 0) is 37.0 Å². The number of imide groups is 1. The number of hydrogen-bond donors (Lipinski definition) is 3. The number of pyridine rings is 1. The van der Waals surface area contributed by atoms with E-state index in [1.54, 1.807) is 47.8 Å². The molecule has 2 fully saturated rings. The molecule has 2 aliphatic rings. The van der Waals surface area contributed by atoms with E-state index in [2.05, 4.69) is 20.6 Å². The summed E-state index contributed by atoms with van der Waals surface area (Å²) in [6, 6.07) is 6.59. The van der Waals surface area contributed by atoms with Crippen molar-refractivity contribution in [3.63, 3.8) is 0 Å². The van der Waals surface area contributed by atoms with E-state index in [0.29, 0.717) is 37.2 Å². The molecular weight excluding hydrogens is 334 g/mol. The minimum Gasteiger partial charge on any atom is -0.357 e. The Kier molecular flexibility index (Phi) is 3.95. The summed E-state index contributed by atoms with van der Waals surface area (Å²) < 4.78 is 0. The fraction of sp³-hybridized carbons (Fsp3) is 0.333. The van der Waals surface area contributed by atoms with Gasteiger partial charge in [-0.25, -0.2) is 4.79 Å². The van der Waals surface area contributed by atoms with Crippen molar-refractivity contribution < 1.29 is 14.4 Å². The molecule has 2 aliphatic heterocycles. The highest BCUT2D eigenvalue weighted by atomic mass is 16.2. The molecule has 0 bridgehead atoms. The van der Waals surface area contributed by atoms with Gasteiger partial charge in [0.05, 0.1) is 0 Å². The molecule has 0 aliphatic carbocycles. The number of hydrogen-bond acceptors (Lipinski definition) is 4. The van der Waals surface area contributed by atoms with Gasteiger partial charge >= 0.3 is 6.03 Å². The molecule has 4 rings (SSSR count). The molecule has 3 N–H and O–H groups in total. The Morgan fingerprint density at radius 2 is 2.00 bits per heavy atom. The van der Waals surface area contributed by atoms with Crippen molar-refractivity contribution in [3.05, 3.63) is 54.1 Å². The Hall–Kier alpha value is -3.16. The van der Waals surface area contributed by atoms with Crippen LogP contribution in [0.1, 0.15) is 28.9 Å². The Bertz CT molecular complexity index is 828. The molecule has 8 heteroatoms. The Morgan fingerprint density at radius 1 is 1.19 bits per heavy atom. The molecule has 2 saturated heterocycles. The van der Waals surface area contributed by atoms with Crippen LogP contribution in [-0.4, -0.2) is 45.8 Å². The SMILES string of the molecule is O=C1NC(=O)C(c2cccnc2)(C2CCN(C(=O)c3ccc[nH]3)CC2)N1. The van der Waals surface area contributed by atoms with Crippen LogP contribution >= 0.6 is 0 Å². The maximum Gasteiger partial charge on any atom is 0.322 e. The number of urea groups is 1. The topological polar surface area (TPSA) is 107 Å². The zero-order valence-electron chi connectivity index (χ0n) is 14.1. The summed E-state index contributed by atoms with van der Waals surface area (Å²) in [6.45, 7) is 1.04. The lowest BCUT2D eigenvalue weighted by atomic mass is 9.73. The van der Waals surface area contributed by atoms with Crippen LogP contribution in [-0.2, 0) is 10.3 Å². The molecule has 0 spiro atoms. The molecule has 0 radical (unpaired) electrons. The van der Waals surface area contributed by atoms with Crippen LogP contribution in [0.25, 0.3) is 0 Å². The standard InChI is InChI=1S/C18H19N5O3/c24-15(14-4-2-8-20-14)23-9-5-12(6-10-23)18(13-3-1-7-19-11-13)16(25)21-17(26)22-18/h1-4,7-8,11-12,20H,5-6,9-10H2,(H2,21,22,25,26).